The minimum Gasteiger partial charge on any atom is -0.507 e. The van der Waals surface area contributed by atoms with Crippen molar-refractivity contribution < 1.29 is 33.6 Å². The summed E-state index contributed by atoms with van der Waals surface area (Å²) in [6.45, 7) is 3.84. The lowest BCUT2D eigenvalue weighted by Crippen LogP contribution is -2.29. The zero-order valence-corrected chi connectivity index (χ0v) is 21.3. The van der Waals surface area contributed by atoms with Crippen LogP contribution >= 0.6 is 0 Å². The molecule has 3 aromatic rings. The van der Waals surface area contributed by atoms with Gasteiger partial charge < -0.3 is 24.1 Å². The topological polar surface area (TPSA) is 94.5 Å². The molecule has 4 rings (SSSR count). The number of ketones is 1. The first-order chi connectivity index (χ1) is 17.8. The number of aliphatic hydroxyl groups excluding tert-OH is 1. The number of amides is 1. The molecule has 0 spiro atoms. The van der Waals surface area contributed by atoms with Gasteiger partial charge in [0, 0.05) is 11.3 Å². The Bertz CT molecular complexity index is 1330. The van der Waals surface area contributed by atoms with Crippen molar-refractivity contribution in [3.05, 3.63) is 83.4 Å². The van der Waals surface area contributed by atoms with Crippen molar-refractivity contribution in [2.45, 2.75) is 26.0 Å². The van der Waals surface area contributed by atoms with Gasteiger partial charge in [-0.3, -0.25) is 14.5 Å². The van der Waals surface area contributed by atoms with Gasteiger partial charge in [-0.1, -0.05) is 12.1 Å². The first-order valence-electron chi connectivity index (χ1n) is 11.7. The van der Waals surface area contributed by atoms with Gasteiger partial charge in [0.2, 0.25) is 0 Å². The maximum atomic E-state index is 13.4. The summed E-state index contributed by atoms with van der Waals surface area (Å²) in [4.78, 5) is 28.1. The second kappa shape index (κ2) is 10.7. The van der Waals surface area contributed by atoms with E-state index in [0.717, 1.165) is 0 Å². The monoisotopic (exact) mass is 503 g/mol. The number of aliphatic hydroxyl groups is 1. The van der Waals surface area contributed by atoms with Crippen molar-refractivity contribution >= 4 is 23.1 Å². The molecule has 0 aromatic heterocycles. The summed E-state index contributed by atoms with van der Waals surface area (Å²) in [5, 5.41) is 11.4. The zero-order chi connectivity index (χ0) is 26.7. The normalized spacial score (nSPS) is 16.7. The fourth-order valence-electron chi connectivity index (χ4n) is 4.30. The maximum absolute atomic E-state index is 13.4. The van der Waals surface area contributed by atoms with Gasteiger partial charge in [-0.05, 0) is 74.0 Å². The molecule has 192 valence electrons. The second-order valence-electron chi connectivity index (χ2n) is 8.67. The molecule has 0 aliphatic carbocycles. The van der Waals surface area contributed by atoms with E-state index in [1.807, 2.05) is 13.8 Å². The number of methoxy groups -OCH3 is 3. The molecule has 1 heterocycles. The van der Waals surface area contributed by atoms with Crippen LogP contribution in [0.5, 0.6) is 23.0 Å². The SMILES string of the molecule is COc1ccc(C2/C(=C(/O)c3ccc(OC)c(OC)c3)C(=O)C(=O)N2c2ccc(OC(C)C)cc2)cc1. The molecule has 1 aliphatic heterocycles. The van der Waals surface area contributed by atoms with Crippen molar-refractivity contribution in [1.29, 1.82) is 0 Å². The number of benzene rings is 3. The van der Waals surface area contributed by atoms with E-state index in [1.54, 1.807) is 73.8 Å². The summed E-state index contributed by atoms with van der Waals surface area (Å²) in [6, 6.07) is 17.8. The van der Waals surface area contributed by atoms with Gasteiger partial charge in [0.25, 0.3) is 11.7 Å². The Kier molecular flexibility index (Phi) is 7.38. The van der Waals surface area contributed by atoms with Gasteiger partial charge in [-0.25, -0.2) is 0 Å². The minimum absolute atomic E-state index is 0.0131. The second-order valence-corrected chi connectivity index (χ2v) is 8.67. The number of anilines is 1. The Morgan fingerprint density at radius 2 is 1.43 bits per heavy atom. The Morgan fingerprint density at radius 1 is 0.811 bits per heavy atom. The smallest absolute Gasteiger partial charge is 0.300 e. The number of carbonyl (C=O) groups excluding carboxylic acids is 2. The Balaban J connectivity index is 1.87. The highest BCUT2D eigenvalue weighted by Gasteiger charge is 2.47. The highest BCUT2D eigenvalue weighted by Crippen LogP contribution is 2.43. The zero-order valence-electron chi connectivity index (χ0n) is 21.3. The summed E-state index contributed by atoms with van der Waals surface area (Å²) in [5.74, 6) is 0.244. The summed E-state index contributed by atoms with van der Waals surface area (Å²) >= 11 is 0. The highest BCUT2D eigenvalue weighted by molar-refractivity contribution is 6.51. The number of Topliss-reactive ketones (excluding diaryl/α,β-unsaturated/α-hetero) is 1. The minimum atomic E-state index is -0.879. The fourth-order valence-corrected chi connectivity index (χ4v) is 4.30. The van der Waals surface area contributed by atoms with Crippen molar-refractivity contribution in [2.24, 2.45) is 0 Å². The maximum Gasteiger partial charge on any atom is 0.300 e. The summed E-state index contributed by atoms with van der Waals surface area (Å²) in [7, 11) is 4.54. The first-order valence-corrected chi connectivity index (χ1v) is 11.7. The number of ether oxygens (including phenoxy) is 4. The Morgan fingerprint density at radius 3 is 2.00 bits per heavy atom. The van der Waals surface area contributed by atoms with E-state index in [2.05, 4.69) is 0 Å². The van der Waals surface area contributed by atoms with Crippen molar-refractivity contribution in [3.63, 3.8) is 0 Å². The molecule has 3 aromatic carbocycles. The lowest BCUT2D eigenvalue weighted by atomic mass is 9.95. The predicted octanol–water partition coefficient (Wildman–Crippen LogP) is 5.13. The highest BCUT2D eigenvalue weighted by atomic mass is 16.5. The van der Waals surface area contributed by atoms with Gasteiger partial charge in [0.05, 0.1) is 39.0 Å². The van der Waals surface area contributed by atoms with Crippen LogP contribution in [-0.2, 0) is 9.59 Å². The predicted molar refractivity (Wildman–Crippen MR) is 140 cm³/mol. The lowest BCUT2D eigenvalue weighted by molar-refractivity contribution is -0.132. The van der Waals surface area contributed by atoms with E-state index in [4.69, 9.17) is 18.9 Å². The van der Waals surface area contributed by atoms with Gasteiger partial charge >= 0.3 is 0 Å². The van der Waals surface area contributed by atoms with Crippen LogP contribution in [0.25, 0.3) is 5.76 Å². The number of nitrogens with zero attached hydrogens (tertiary/aromatic N) is 1. The molecule has 8 heteroatoms. The lowest BCUT2D eigenvalue weighted by Gasteiger charge is -2.26. The molecule has 0 bridgehead atoms. The van der Waals surface area contributed by atoms with Crippen LogP contribution in [0.1, 0.15) is 31.0 Å². The van der Waals surface area contributed by atoms with Crippen LogP contribution in [0.15, 0.2) is 72.3 Å². The third kappa shape index (κ3) is 4.95. The number of hydrogen-bond donors (Lipinski definition) is 1. The van der Waals surface area contributed by atoms with Crippen LogP contribution in [0, 0.1) is 0 Å². The molecule has 0 saturated carbocycles. The third-order valence-electron chi connectivity index (χ3n) is 6.02. The number of rotatable bonds is 8. The molecule has 0 radical (unpaired) electrons. The van der Waals surface area contributed by atoms with Crippen LogP contribution in [0.2, 0.25) is 0 Å². The Labute approximate surface area is 215 Å². The van der Waals surface area contributed by atoms with Crippen LogP contribution in [-0.4, -0.2) is 44.2 Å². The molecule has 1 N–H and O–H groups in total. The van der Waals surface area contributed by atoms with Crippen molar-refractivity contribution in [2.75, 3.05) is 26.2 Å². The standard InChI is InChI=1S/C29H29NO7/c1-17(2)37-22-13-9-20(10-14-22)30-26(18-6-11-21(34-3)12-7-18)25(28(32)29(30)33)27(31)19-8-15-23(35-4)24(16-19)36-5/h6-17,26,31H,1-5H3/b27-25-. The average molecular weight is 504 g/mol. The van der Waals surface area contributed by atoms with Crippen LogP contribution in [0.4, 0.5) is 5.69 Å². The molecule has 1 saturated heterocycles. The molecular weight excluding hydrogens is 474 g/mol. The van der Waals surface area contributed by atoms with Gasteiger partial charge in [-0.2, -0.15) is 0 Å². The van der Waals surface area contributed by atoms with E-state index in [-0.39, 0.29) is 17.4 Å². The van der Waals surface area contributed by atoms with Gasteiger partial charge in [-0.15, -0.1) is 0 Å². The van der Waals surface area contributed by atoms with Crippen molar-refractivity contribution in [1.82, 2.24) is 0 Å². The van der Waals surface area contributed by atoms with Gasteiger partial charge in [0.15, 0.2) is 11.5 Å². The summed E-state index contributed by atoms with van der Waals surface area (Å²) < 4.78 is 21.6. The average Bonchev–Trinajstić information content (AvgIpc) is 3.18. The van der Waals surface area contributed by atoms with E-state index in [0.29, 0.717) is 39.8 Å². The van der Waals surface area contributed by atoms with Crippen LogP contribution < -0.4 is 23.8 Å². The van der Waals surface area contributed by atoms with Crippen molar-refractivity contribution in [3.8, 4) is 23.0 Å². The van der Waals surface area contributed by atoms with Gasteiger partial charge in [0.1, 0.15) is 17.3 Å². The Hall–Kier alpha value is -4.46. The number of carbonyl (C=O) groups is 2. The van der Waals surface area contributed by atoms with E-state index < -0.39 is 17.7 Å². The molecule has 8 nitrogen and oxygen atoms in total. The largest absolute Gasteiger partial charge is 0.507 e. The molecule has 1 atom stereocenters. The molecular formula is C29H29NO7. The molecule has 1 aliphatic rings. The van der Waals surface area contributed by atoms with Crippen LogP contribution in [0.3, 0.4) is 0 Å². The van der Waals surface area contributed by atoms with E-state index in [9.17, 15) is 14.7 Å². The van der Waals surface area contributed by atoms with E-state index >= 15 is 0 Å². The molecule has 1 fully saturated rings. The number of hydrogen-bond acceptors (Lipinski definition) is 7. The quantitative estimate of drug-likeness (QED) is 0.259. The molecule has 1 amide bonds. The molecule has 1 unspecified atom stereocenters. The molecule has 37 heavy (non-hydrogen) atoms. The summed E-state index contributed by atoms with van der Waals surface area (Å²) in [5.41, 5.74) is 1.40. The van der Waals surface area contributed by atoms with E-state index in [1.165, 1.54) is 19.1 Å². The summed E-state index contributed by atoms with van der Waals surface area (Å²) in [6.07, 6.45) is -0.0131. The third-order valence-corrected chi connectivity index (χ3v) is 6.02. The first kappa shape index (κ1) is 25.6. The fraction of sp³-hybridized carbons (Fsp3) is 0.241.